The van der Waals surface area contributed by atoms with E-state index in [-0.39, 0.29) is 17.9 Å². The highest BCUT2D eigenvalue weighted by Crippen LogP contribution is 2.25. The lowest BCUT2D eigenvalue weighted by molar-refractivity contribution is -0.121. The normalized spacial score (nSPS) is 11.2. The summed E-state index contributed by atoms with van der Waals surface area (Å²) in [6.07, 6.45) is 3.73. The predicted octanol–water partition coefficient (Wildman–Crippen LogP) is 5.38. The number of benzene rings is 4. The SMILES string of the molecule is O=C(Cn1c2ccccc2c(=O)c2ccccc21)NCc1ccccc1-c1ccc(Cn2cccn2)cc1. The quantitative estimate of drug-likeness (QED) is 0.300. The number of carbonyl (C=O) groups excluding carboxylic acids is 1. The molecule has 0 aliphatic carbocycles. The molecule has 0 bridgehead atoms. The van der Waals surface area contributed by atoms with Crippen LogP contribution in [0, 0.1) is 0 Å². The molecule has 0 spiro atoms. The van der Waals surface area contributed by atoms with Gasteiger partial charge in [0.05, 0.1) is 17.6 Å². The van der Waals surface area contributed by atoms with Gasteiger partial charge < -0.3 is 9.88 Å². The van der Waals surface area contributed by atoms with Crippen LogP contribution in [0.25, 0.3) is 32.9 Å². The van der Waals surface area contributed by atoms with E-state index in [9.17, 15) is 9.59 Å². The molecule has 1 N–H and O–H groups in total. The van der Waals surface area contributed by atoms with Gasteiger partial charge in [-0.15, -0.1) is 0 Å². The molecule has 2 aromatic heterocycles. The molecular weight excluding hydrogens is 472 g/mol. The maximum atomic E-state index is 13.2. The van der Waals surface area contributed by atoms with E-state index in [2.05, 4.69) is 40.7 Å². The Morgan fingerprint density at radius 3 is 2.11 bits per heavy atom. The van der Waals surface area contributed by atoms with Gasteiger partial charge in [0.25, 0.3) is 0 Å². The maximum Gasteiger partial charge on any atom is 0.240 e. The van der Waals surface area contributed by atoms with E-state index in [4.69, 9.17) is 0 Å². The average molecular weight is 499 g/mol. The van der Waals surface area contributed by atoms with Gasteiger partial charge in [0.15, 0.2) is 5.43 Å². The Hall–Kier alpha value is -4.97. The Kier molecular flexibility index (Phi) is 6.28. The first-order valence-corrected chi connectivity index (χ1v) is 12.6. The molecule has 6 aromatic rings. The summed E-state index contributed by atoms with van der Waals surface area (Å²) in [5.41, 5.74) is 5.87. The van der Waals surface area contributed by atoms with Crippen LogP contribution in [0.2, 0.25) is 0 Å². The van der Waals surface area contributed by atoms with E-state index >= 15 is 0 Å². The number of rotatable bonds is 7. The minimum atomic E-state index is -0.117. The maximum absolute atomic E-state index is 13.2. The summed E-state index contributed by atoms with van der Waals surface area (Å²) < 4.78 is 3.82. The van der Waals surface area contributed by atoms with Gasteiger partial charge in [-0.1, -0.05) is 72.8 Å². The van der Waals surface area contributed by atoms with Crippen LogP contribution >= 0.6 is 0 Å². The zero-order valence-corrected chi connectivity index (χ0v) is 20.7. The number of hydrogen-bond donors (Lipinski definition) is 1. The topological polar surface area (TPSA) is 68.9 Å². The molecule has 0 saturated carbocycles. The summed E-state index contributed by atoms with van der Waals surface area (Å²) >= 11 is 0. The van der Waals surface area contributed by atoms with E-state index < -0.39 is 0 Å². The largest absolute Gasteiger partial charge is 0.350 e. The van der Waals surface area contributed by atoms with Gasteiger partial charge in [-0.25, -0.2) is 0 Å². The molecular formula is C32H26N4O2. The summed E-state index contributed by atoms with van der Waals surface area (Å²) in [4.78, 5) is 26.2. The Morgan fingerprint density at radius 2 is 1.42 bits per heavy atom. The van der Waals surface area contributed by atoms with Crippen LogP contribution in [-0.2, 0) is 24.4 Å². The van der Waals surface area contributed by atoms with E-state index in [1.165, 1.54) is 5.56 Å². The van der Waals surface area contributed by atoms with Gasteiger partial charge in [0.1, 0.15) is 6.54 Å². The molecule has 38 heavy (non-hydrogen) atoms. The second-order valence-corrected chi connectivity index (χ2v) is 9.28. The minimum absolute atomic E-state index is 0.0163. The monoisotopic (exact) mass is 498 g/mol. The first-order valence-electron chi connectivity index (χ1n) is 12.6. The van der Waals surface area contributed by atoms with Gasteiger partial charge in [0, 0.05) is 29.7 Å². The molecule has 0 saturated heterocycles. The van der Waals surface area contributed by atoms with E-state index in [1.807, 2.05) is 88.2 Å². The molecule has 2 heterocycles. The highest BCUT2D eigenvalue weighted by atomic mass is 16.2. The molecule has 0 aliphatic heterocycles. The van der Waals surface area contributed by atoms with Crippen molar-refractivity contribution in [3.63, 3.8) is 0 Å². The van der Waals surface area contributed by atoms with Gasteiger partial charge in [-0.3, -0.25) is 14.3 Å². The van der Waals surface area contributed by atoms with Gasteiger partial charge in [0.2, 0.25) is 5.91 Å². The van der Waals surface area contributed by atoms with Crippen molar-refractivity contribution < 1.29 is 4.79 Å². The smallest absolute Gasteiger partial charge is 0.240 e. The van der Waals surface area contributed by atoms with Crippen LogP contribution in [0.4, 0.5) is 0 Å². The van der Waals surface area contributed by atoms with E-state index in [1.54, 1.807) is 6.20 Å². The highest BCUT2D eigenvalue weighted by Gasteiger charge is 2.13. The number of para-hydroxylation sites is 2. The molecule has 0 unspecified atom stereocenters. The highest BCUT2D eigenvalue weighted by molar-refractivity contribution is 5.94. The molecule has 6 heteroatoms. The molecule has 4 aromatic carbocycles. The van der Waals surface area contributed by atoms with Crippen molar-refractivity contribution in [2.45, 2.75) is 19.6 Å². The van der Waals surface area contributed by atoms with Crippen molar-refractivity contribution >= 4 is 27.7 Å². The third-order valence-corrected chi connectivity index (χ3v) is 6.84. The van der Waals surface area contributed by atoms with Crippen LogP contribution in [-0.4, -0.2) is 20.3 Å². The lowest BCUT2D eigenvalue weighted by atomic mass is 9.98. The van der Waals surface area contributed by atoms with Crippen LogP contribution in [0.15, 0.2) is 120 Å². The third-order valence-electron chi connectivity index (χ3n) is 6.84. The molecule has 0 aliphatic rings. The average Bonchev–Trinajstić information content (AvgIpc) is 3.48. The van der Waals surface area contributed by atoms with Crippen LogP contribution in [0.3, 0.4) is 0 Å². The van der Waals surface area contributed by atoms with Crippen molar-refractivity contribution in [1.29, 1.82) is 0 Å². The van der Waals surface area contributed by atoms with Crippen molar-refractivity contribution in [3.8, 4) is 11.1 Å². The van der Waals surface area contributed by atoms with Crippen molar-refractivity contribution in [1.82, 2.24) is 19.7 Å². The number of fused-ring (bicyclic) bond motifs is 2. The van der Waals surface area contributed by atoms with Crippen LogP contribution in [0.5, 0.6) is 0 Å². The van der Waals surface area contributed by atoms with Crippen molar-refractivity contribution in [3.05, 3.63) is 137 Å². The molecule has 6 rings (SSSR count). The summed E-state index contributed by atoms with van der Waals surface area (Å²) in [6.45, 7) is 1.24. The van der Waals surface area contributed by atoms with Crippen LogP contribution < -0.4 is 10.7 Å². The molecule has 6 nitrogen and oxygen atoms in total. The summed E-state index contributed by atoms with van der Waals surface area (Å²) in [7, 11) is 0. The number of pyridine rings is 1. The summed E-state index contributed by atoms with van der Waals surface area (Å²) in [5.74, 6) is -0.117. The van der Waals surface area contributed by atoms with E-state index in [0.29, 0.717) is 17.3 Å². The van der Waals surface area contributed by atoms with Crippen molar-refractivity contribution in [2.24, 2.45) is 0 Å². The lowest BCUT2D eigenvalue weighted by Gasteiger charge is -2.16. The zero-order valence-electron chi connectivity index (χ0n) is 20.7. The van der Waals surface area contributed by atoms with Gasteiger partial charge >= 0.3 is 0 Å². The molecule has 0 radical (unpaired) electrons. The lowest BCUT2D eigenvalue weighted by Crippen LogP contribution is -2.28. The molecule has 0 fully saturated rings. The summed E-state index contributed by atoms with van der Waals surface area (Å²) in [5, 5.41) is 8.59. The van der Waals surface area contributed by atoms with E-state index in [0.717, 1.165) is 34.3 Å². The fraction of sp³-hybridized carbons (Fsp3) is 0.0938. The second-order valence-electron chi connectivity index (χ2n) is 9.28. The second kappa shape index (κ2) is 10.2. The number of carbonyl (C=O) groups is 1. The third kappa shape index (κ3) is 4.60. The zero-order chi connectivity index (χ0) is 25.9. The number of aromatic nitrogens is 3. The number of nitrogens with zero attached hydrogens (tertiary/aromatic N) is 3. The molecule has 186 valence electrons. The first kappa shape index (κ1) is 23.4. The number of amides is 1. The van der Waals surface area contributed by atoms with Crippen molar-refractivity contribution in [2.75, 3.05) is 0 Å². The number of nitrogens with one attached hydrogen (secondary N) is 1. The summed E-state index contributed by atoms with van der Waals surface area (Å²) in [6, 6.07) is 33.4. The number of hydrogen-bond acceptors (Lipinski definition) is 3. The fourth-order valence-electron chi connectivity index (χ4n) is 4.97. The predicted molar refractivity (Wildman–Crippen MR) is 151 cm³/mol. The fourth-order valence-corrected chi connectivity index (χ4v) is 4.97. The standard InChI is InChI=1S/C32H26N4O2/c37-31(22-36-29-12-5-3-10-27(29)32(38)28-11-4-6-13-30(28)36)33-20-25-8-1-2-9-26(25)24-16-14-23(15-17-24)21-35-19-7-18-34-35/h1-19H,20-22H2,(H,33,37). The van der Waals surface area contributed by atoms with Crippen LogP contribution in [0.1, 0.15) is 11.1 Å². The Bertz CT molecular complexity index is 1740. The molecule has 1 amide bonds. The first-order chi connectivity index (χ1) is 18.7. The Balaban J connectivity index is 1.22. The van der Waals surface area contributed by atoms with Gasteiger partial charge in [-0.05, 0) is 52.6 Å². The Labute approximate surface area is 219 Å². The van der Waals surface area contributed by atoms with Gasteiger partial charge in [-0.2, -0.15) is 5.10 Å². The molecule has 0 atom stereocenters. The minimum Gasteiger partial charge on any atom is -0.350 e. The Morgan fingerprint density at radius 1 is 0.763 bits per heavy atom.